The third kappa shape index (κ3) is 4.03. The third-order valence-electron chi connectivity index (χ3n) is 2.63. The Balaban J connectivity index is 1.91. The van der Waals surface area contributed by atoms with E-state index in [-0.39, 0.29) is 5.91 Å². The van der Waals surface area contributed by atoms with Gasteiger partial charge in [-0.1, -0.05) is 11.6 Å². The number of nitrogens with one attached hydrogen (secondary N) is 1. The topological polar surface area (TPSA) is 54.9 Å². The lowest BCUT2D eigenvalue weighted by atomic mass is 10.2. The molecule has 0 bridgehead atoms. The Morgan fingerprint density at radius 1 is 1.32 bits per heavy atom. The number of carbonyl (C=O) groups excluding carboxylic acids is 1. The van der Waals surface area contributed by atoms with Crippen LogP contribution in [0, 0.1) is 6.92 Å². The second-order valence-corrected chi connectivity index (χ2v) is 4.57. The lowest BCUT2D eigenvalue weighted by molar-refractivity contribution is 0.0954. The molecule has 5 heteroatoms. The summed E-state index contributed by atoms with van der Waals surface area (Å²) >= 11 is 5.83. The predicted molar refractivity (Wildman–Crippen MR) is 74.3 cm³/mol. The van der Waals surface area contributed by atoms with Crippen molar-refractivity contribution in [3.8, 4) is 0 Å². The molecule has 0 fully saturated rings. The quantitative estimate of drug-likeness (QED) is 0.872. The van der Waals surface area contributed by atoms with E-state index in [1.54, 1.807) is 31.5 Å². The molecule has 0 aliphatic rings. The minimum Gasteiger partial charge on any atom is -0.352 e. The van der Waals surface area contributed by atoms with E-state index in [4.69, 9.17) is 11.6 Å². The van der Waals surface area contributed by atoms with Crippen molar-refractivity contribution in [1.82, 2.24) is 15.3 Å². The molecule has 0 radical (unpaired) electrons. The molecular formula is C14H14ClN3O. The summed E-state index contributed by atoms with van der Waals surface area (Å²) in [5.74, 6) is -0.138. The lowest BCUT2D eigenvalue weighted by Gasteiger charge is -2.06. The third-order valence-corrected chi connectivity index (χ3v) is 2.83. The highest BCUT2D eigenvalue weighted by Crippen LogP contribution is 2.10. The lowest BCUT2D eigenvalue weighted by Crippen LogP contribution is -2.25. The van der Waals surface area contributed by atoms with Crippen LogP contribution in [-0.2, 0) is 6.42 Å². The number of hydrogen-bond donors (Lipinski definition) is 1. The summed E-state index contributed by atoms with van der Waals surface area (Å²) in [7, 11) is 0. The first-order valence-electron chi connectivity index (χ1n) is 5.96. The smallest absolute Gasteiger partial charge is 0.251 e. The van der Waals surface area contributed by atoms with Gasteiger partial charge in [0.25, 0.3) is 5.91 Å². The van der Waals surface area contributed by atoms with Crippen LogP contribution in [0.3, 0.4) is 0 Å². The number of halogens is 1. The Kier molecular flexibility index (Phi) is 4.47. The molecule has 4 nitrogen and oxygen atoms in total. The van der Waals surface area contributed by atoms with Gasteiger partial charge in [0.05, 0.1) is 0 Å². The first-order valence-corrected chi connectivity index (χ1v) is 6.34. The van der Waals surface area contributed by atoms with Gasteiger partial charge in [0, 0.05) is 30.2 Å². The van der Waals surface area contributed by atoms with E-state index in [2.05, 4.69) is 15.3 Å². The standard InChI is InChI=1S/C14H14ClN3O/c1-10-8-12(9-13(15)18-10)14(19)17-7-4-11-2-5-16-6-3-11/h2-3,5-6,8-9H,4,7H2,1H3,(H,17,19). The maximum atomic E-state index is 11.9. The van der Waals surface area contributed by atoms with E-state index < -0.39 is 0 Å². The van der Waals surface area contributed by atoms with Crippen LogP contribution in [0.15, 0.2) is 36.7 Å². The summed E-state index contributed by atoms with van der Waals surface area (Å²) in [6.45, 7) is 2.38. The number of hydrogen-bond acceptors (Lipinski definition) is 3. The van der Waals surface area contributed by atoms with Crippen LogP contribution in [0.25, 0.3) is 0 Å². The fraction of sp³-hybridized carbons (Fsp3) is 0.214. The molecule has 0 unspecified atom stereocenters. The summed E-state index contributed by atoms with van der Waals surface area (Å²) in [6, 6.07) is 7.14. The number of rotatable bonds is 4. The summed E-state index contributed by atoms with van der Waals surface area (Å²) in [4.78, 5) is 19.9. The predicted octanol–water partition coefficient (Wildman–Crippen LogP) is 2.41. The highest BCUT2D eigenvalue weighted by molar-refractivity contribution is 6.29. The highest BCUT2D eigenvalue weighted by atomic mass is 35.5. The molecule has 2 heterocycles. The van der Waals surface area contributed by atoms with Gasteiger partial charge in [-0.3, -0.25) is 9.78 Å². The molecule has 2 aromatic heterocycles. The molecule has 19 heavy (non-hydrogen) atoms. The van der Waals surface area contributed by atoms with Crippen LogP contribution in [0.2, 0.25) is 5.15 Å². The largest absolute Gasteiger partial charge is 0.352 e. The number of carbonyl (C=O) groups is 1. The molecule has 0 aliphatic carbocycles. The van der Waals surface area contributed by atoms with Gasteiger partial charge in [0.2, 0.25) is 0 Å². The van der Waals surface area contributed by atoms with Crippen LogP contribution >= 0.6 is 11.6 Å². The first kappa shape index (κ1) is 13.5. The Morgan fingerprint density at radius 2 is 2.05 bits per heavy atom. The van der Waals surface area contributed by atoms with Gasteiger partial charge in [0.1, 0.15) is 5.15 Å². The van der Waals surface area contributed by atoms with Crippen molar-refractivity contribution in [1.29, 1.82) is 0 Å². The molecule has 0 aromatic carbocycles. The molecule has 0 saturated carbocycles. The van der Waals surface area contributed by atoms with Gasteiger partial charge in [-0.25, -0.2) is 4.98 Å². The summed E-state index contributed by atoms with van der Waals surface area (Å²) < 4.78 is 0. The molecule has 0 spiro atoms. The van der Waals surface area contributed by atoms with Crippen LogP contribution in [0.5, 0.6) is 0 Å². The van der Waals surface area contributed by atoms with Gasteiger partial charge in [-0.05, 0) is 43.2 Å². The molecule has 2 aromatic rings. The van der Waals surface area contributed by atoms with E-state index in [1.807, 2.05) is 12.1 Å². The summed E-state index contributed by atoms with van der Waals surface area (Å²) in [5.41, 5.74) is 2.40. The van der Waals surface area contributed by atoms with Crippen molar-refractivity contribution in [3.63, 3.8) is 0 Å². The van der Waals surface area contributed by atoms with Crippen molar-refractivity contribution in [2.75, 3.05) is 6.54 Å². The first-order chi connectivity index (χ1) is 9.15. The summed E-state index contributed by atoms with van der Waals surface area (Å²) in [5, 5.41) is 3.19. The second-order valence-electron chi connectivity index (χ2n) is 4.18. The highest BCUT2D eigenvalue weighted by Gasteiger charge is 2.07. The Morgan fingerprint density at radius 3 is 2.74 bits per heavy atom. The van der Waals surface area contributed by atoms with Crippen molar-refractivity contribution in [2.24, 2.45) is 0 Å². The molecule has 0 aliphatic heterocycles. The van der Waals surface area contributed by atoms with Crippen molar-refractivity contribution in [3.05, 3.63) is 58.6 Å². The average Bonchev–Trinajstić information content (AvgIpc) is 2.38. The fourth-order valence-corrected chi connectivity index (χ4v) is 1.98. The minimum absolute atomic E-state index is 0.138. The van der Waals surface area contributed by atoms with Gasteiger partial charge < -0.3 is 5.32 Å². The molecule has 0 atom stereocenters. The Bertz CT molecular complexity index is 552. The maximum absolute atomic E-state index is 11.9. The molecule has 98 valence electrons. The van der Waals surface area contributed by atoms with Gasteiger partial charge in [0.15, 0.2) is 0 Å². The number of aromatic nitrogens is 2. The van der Waals surface area contributed by atoms with Gasteiger partial charge in [-0.2, -0.15) is 0 Å². The monoisotopic (exact) mass is 275 g/mol. The number of amides is 1. The van der Waals surface area contributed by atoms with Gasteiger partial charge in [-0.15, -0.1) is 0 Å². The van der Waals surface area contributed by atoms with E-state index in [1.165, 1.54) is 0 Å². The minimum atomic E-state index is -0.138. The average molecular weight is 276 g/mol. The number of nitrogens with zero attached hydrogens (tertiary/aromatic N) is 2. The molecule has 0 saturated heterocycles. The van der Waals surface area contributed by atoms with Crippen LogP contribution < -0.4 is 5.32 Å². The second kappa shape index (κ2) is 6.29. The zero-order valence-electron chi connectivity index (χ0n) is 10.6. The van der Waals surface area contributed by atoms with E-state index in [9.17, 15) is 4.79 Å². The van der Waals surface area contributed by atoms with Crippen molar-refractivity contribution >= 4 is 17.5 Å². The van der Waals surface area contributed by atoms with Crippen molar-refractivity contribution < 1.29 is 4.79 Å². The molecule has 1 N–H and O–H groups in total. The summed E-state index contributed by atoms with van der Waals surface area (Å²) in [6.07, 6.45) is 4.25. The Labute approximate surface area is 116 Å². The maximum Gasteiger partial charge on any atom is 0.251 e. The van der Waals surface area contributed by atoms with Gasteiger partial charge >= 0.3 is 0 Å². The van der Waals surface area contributed by atoms with Crippen LogP contribution in [0.4, 0.5) is 0 Å². The molecule has 1 amide bonds. The zero-order chi connectivity index (χ0) is 13.7. The number of aryl methyl sites for hydroxylation is 1. The van der Waals surface area contributed by atoms with Crippen LogP contribution in [0.1, 0.15) is 21.6 Å². The SMILES string of the molecule is Cc1cc(C(=O)NCCc2ccncc2)cc(Cl)n1. The van der Waals surface area contributed by atoms with E-state index in [0.717, 1.165) is 17.7 Å². The van der Waals surface area contributed by atoms with E-state index in [0.29, 0.717) is 17.3 Å². The fourth-order valence-electron chi connectivity index (χ4n) is 1.73. The number of pyridine rings is 2. The molecule has 2 rings (SSSR count). The van der Waals surface area contributed by atoms with Crippen molar-refractivity contribution in [2.45, 2.75) is 13.3 Å². The van der Waals surface area contributed by atoms with E-state index >= 15 is 0 Å². The Hall–Kier alpha value is -1.94. The van der Waals surface area contributed by atoms with Crippen LogP contribution in [-0.4, -0.2) is 22.4 Å². The normalized spacial score (nSPS) is 10.2. The zero-order valence-corrected chi connectivity index (χ0v) is 11.3. The molecular weight excluding hydrogens is 262 g/mol.